The lowest BCUT2D eigenvalue weighted by molar-refractivity contribution is 0.309. The van der Waals surface area contributed by atoms with E-state index in [0.717, 1.165) is 42.1 Å². The first kappa shape index (κ1) is 20.6. The van der Waals surface area contributed by atoms with E-state index in [1.165, 1.54) is 11.1 Å². The van der Waals surface area contributed by atoms with Gasteiger partial charge in [0.15, 0.2) is 5.84 Å². The molecule has 152 valence electrons. The number of rotatable bonds is 5. The molecule has 5 heteroatoms. The SMILES string of the molecule is CCCC1N=C2C(C)=CC(C)(Br)N=C2N1Cc1ccc(-c2ccccc2C#N)cc1. The van der Waals surface area contributed by atoms with Gasteiger partial charge in [0.2, 0.25) is 0 Å². The van der Waals surface area contributed by atoms with Crippen molar-refractivity contribution in [1.82, 2.24) is 4.90 Å². The fourth-order valence-corrected chi connectivity index (χ4v) is 4.64. The Morgan fingerprint density at radius 2 is 1.90 bits per heavy atom. The quantitative estimate of drug-likeness (QED) is 0.401. The molecule has 2 heterocycles. The fourth-order valence-electron chi connectivity index (χ4n) is 4.13. The molecule has 0 saturated carbocycles. The molecule has 4 rings (SSSR count). The molecule has 2 aliphatic heterocycles. The molecule has 2 unspecified atom stereocenters. The molecule has 0 aromatic heterocycles. The van der Waals surface area contributed by atoms with Crippen molar-refractivity contribution in [3.63, 3.8) is 0 Å². The Morgan fingerprint density at radius 3 is 2.60 bits per heavy atom. The summed E-state index contributed by atoms with van der Waals surface area (Å²) in [4.78, 5) is 12.3. The maximum absolute atomic E-state index is 9.39. The predicted molar refractivity (Wildman–Crippen MR) is 127 cm³/mol. The summed E-state index contributed by atoms with van der Waals surface area (Å²) >= 11 is 3.72. The van der Waals surface area contributed by atoms with Crippen molar-refractivity contribution in [2.45, 2.75) is 50.8 Å². The van der Waals surface area contributed by atoms with E-state index in [2.05, 4.69) is 78.0 Å². The molecular formula is C25H25BrN4. The van der Waals surface area contributed by atoms with Crippen LogP contribution < -0.4 is 0 Å². The van der Waals surface area contributed by atoms with E-state index in [0.29, 0.717) is 5.56 Å². The second-order valence-electron chi connectivity index (χ2n) is 8.02. The Hall–Kier alpha value is -2.71. The predicted octanol–water partition coefficient (Wildman–Crippen LogP) is 6.08. The minimum absolute atomic E-state index is 0.118. The molecule has 0 saturated heterocycles. The number of halogens is 1. The monoisotopic (exact) mass is 460 g/mol. The third-order valence-electron chi connectivity index (χ3n) is 5.51. The second-order valence-corrected chi connectivity index (χ2v) is 9.62. The summed E-state index contributed by atoms with van der Waals surface area (Å²) < 4.78 is -0.393. The third kappa shape index (κ3) is 3.97. The van der Waals surface area contributed by atoms with Gasteiger partial charge in [-0.05, 0) is 54.7 Å². The summed E-state index contributed by atoms with van der Waals surface area (Å²) in [6, 6.07) is 18.5. The van der Waals surface area contributed by atoms with Crippen LogP contribution in [-0.4, -0.2) is 27.1 Å². The van der Waals surface area contributed by atoms with Crippen molar-refractivity contribution in [2.75, 3.05) is 0 Å². The number of alkyl halides is 1. The van der Waals surface area contributed by atoms with Crippen molar-refractivity contribution >= 4 is 27.5 Å². The highest BCUT2D eigenvalue weighted by Gasteiger charge is 2.37. The van der Waals surface area contributed by atoms with Gasteiger partial charge in [0.25, 0.3) is 0 Å². The molecule has 0 radical (unpaired) electrons. The second kappa shape index (κ2) is 8.20. The van der Waals surface area contributed by atoms with Crippen LogP contribution in [0.5, 0.6) is 0 Å². The number of dihydropyridines is 1. The van der Waals surface area contributed by atoms with Crippen molar-refractivity contribution in [3.8, 4) is 17.2 Å². The molecular weight excluding hydrogens is 436 g/mol. The van der Waals surface area contributed by atoms with Gasteiger partial charge in [0.05, 0.1) is 11.6 Å². The molecule has 2 aromatic carbocycles. The maximum atomic E-state index is 9.39. The van der Waals surface area contributed by atoms with Gasteiger partial charge in [-0.3, -0.25) is 4.99 Å². The van der Waals surface area contributed by atoms with Gasteiger partial charge < -0.3 is 4.90 Å². The Balaban J connectivity index is 1.62. The molecule has 4 nitrogen and oxygen atoms in total. The molecule has 0 aliphatic carbocycles. The molecule has 2 atom stereocenters. The number of fused-ring (bicyclic) bond motifs is 1. The summed E-state index contributed by atoms with van der Waals surface area (Å²) in [7, 11) is 0. The number of benzene rings is 2. The molecule has 2 aliphatic rings. The highest BCUT2D eigenvalue weighted by molar-refractivity contribution is 9.10. The normalized spacial score (nSPS) is 22.7. The number of nitriles is 1. The van der Waals surface area contributed by atoms with Crippen molar-refractivity contribution < 1.29 is 0 Å². The van der Waals surface area contributed by atoms with Gasteiger partial charge in [0.1, 0.15) is 16.3 Å². The maximum Gasteiger partial charge on any atom is 0.153 e. The van der Waals surface area contributed by atoms with Crippen LogP contribution in [0.4, 0.5) is 0 Å². The van der Waals surface area contributed by atoms with Crippen LogP contribution >= 0.6 is 15.9 Å². The lowest BCUT2D eigenvalue weighted by Gasteiger charge is -2.29. The first-order chi connectivity index (χ1) is 14.4. The molecule has 0 fully saturated rings. The standard InChI is InChI=1S/C25H25BrN4/c1-4-7-22-28-23-17(2)14-25(3,26)29-24(23)30(22)16-18-10-12-19(13-11-18)21-9-6-5-8-20(21)15-27/h5-6,8-14,22H,4,7,16H2,1-3H3. The van der Waals surface area contributed by atoms with Gasteiger partial charge >= 0.3 is 0 Å². The first-order valence-electron chi connectivity index (χ1n) is 10.3. The average Bonchev–Trinajstić information content (AvgIpc) is 3.05. The smallest absolute Gasteiger partial charge is 0.153 e. The molecule has 0 N–H and O–H groups in total. The van der Waals surface area contributed by atoms with Gasteiger partial charge in [-0.25, -0.2) is 4.99 Å². The van der Waals surface area contributed by atoms with Gasteiger partial charge in [0, 0.05) is 6.54 Å². The summed E-state index contributed by atoms with van der Waals surface area (Å²) in [6.45, 7) is 7.13. The summed E-state index contributed by atoms with van der Waals surface area (Å²) in [5.74, 6) is 0.978. The summed E-state index contributed by atoms with van der Waals surface area (Å²) in [6.07, 6.45) is 4.32. The molecule has 0 amide bonds. The lowest BCUT2D eigenvalue weighted by Crippen LogP contribution is -2.39. The van der Waals surface area contributed by atoms with E-state index in [4.69, 9.17) is 9.98 Å². The van der Waals surface area contributed by atoms with Crippen LogP contribution in [0.15, 0.2) is 70.2 Å². The van der Waals surface area contributed by atoms with E-state index in [9.17, 15) is 5.26 Å². The third-order valence-corrected chi connectivity index (χ3v) is 5.92. The van der Waals surface area contributed by atoms with Gasteiger partial charge in [-0.2, -0.15) is 5.26 Å². The highest BCUT2D eigenvalue weighted by Crippen LogP contribution is 2.33. The minimum Gasteiger partial charge on any atom is -0.329 e. The van der Waals surface area contributed by atoms with E-state index in [1.54, 1.807) is 0 Å². The van der Waals surface area contributed by atoms with Crippen molar-refractivity contribution in [3.05, 3.63) is 71.3 Å². The van der Waals surface area contributed by atoms with Gasteiger partial charge in [-0.1, -0.05) is 71.7 Å². The molecule has 0 bridgehead atoms. The Labute approximate surface area is 186 Å². The zero-order chi connectivity index (χ0) is 21.3. The van der Waals surface area contributed by atoms with Crippen LogP contribution in [-0.2, 0) is 6.54 Å². The van der Waals surface area contributed by atoms with Crippen LogP contribution in [0.25, 0.3) is 11.1 Å². The number of amidine groups is 1. The number of hydrogen-bond acceptors (Lipinski definition) is 4. The fraction of sp³-hybridized carbons (Fsp3) is 0.320. The van der Waals surface area contributed by atoms with Crippen LogP contribution in [0.3, 0.4) is 0 Å². The average molecular weight is 461 g/mol. The van der Waals surface area contributed by atoms with Crippen LogP contribution in [0.1, 0.15) is 44.7 Å². The van der Waals surface area contributed by atoms with Crippen LogP contribution in [0.2, 0.25) is 0 Å². The zero-order valence-corrected chi connectivity index (χ0v) is 19.1. The molecule has 0 spiro atoms. The minimum atomic E-state index is -0.393. The van der Waals surface area contributed by atoms with E-state index < -0.39 is 4.45 Å². The largest absolute Gasteiger partial charge is 0.329 e. The van der Waals surface area contributed by atoms with Crippen molar-refractivity contribution in [1.29, 1.82) is 5.26 Å². The number of nitrogens with zero attached hydrogens (tertiary/aromatic N) is 4. The number of hydrogen-bond donors (Lipinski definition) is 0. The lowest BCUT2D eigenvalue weighted by atomic mass is 9.99. The Morgan fingerprint density at radius 1 is 1.17 bits per heavy atom. The highest BCUT2D eigenvalue weighted by atomic mass is 79.9. The number of aliphatic imine (C=N–C) groups is 2. The summed E-state index contributed by atoms with van der Waals surface area (Å²) in [5.41, 5.74) is 6.12. The van der Waals surface area contributed by atoms with E-state index >= 15 is 0 Å². The van der Waals surface area contributed by atoms with Crippen molar-refractivity contribution in [2.24, 2.45) is 9.98 Å². The van der Waals surface area contributed by atoms with E-state index in [1.807, 2.05) is 24.3 Å². The summed E-state index contributed by atoms with van der Waals surface area (Å²) in [5, 5.41) is 9.39. The van der Waals surface area contributed by atoms with E-state index in [-0.39, 0.29) is 6.17 Å². The van der Waals surface area contributed by atoms with Crippen LogP contribution in [0, 0.1) is 11.3 Å². The zero-order valence-electron chi connectivity index (χ0n) is 17.6. The first-order valence-corrected chi connectivity index (χ1v) is 11.1. The topological polar surface area (TPSA) is 51.8 Å². The Kier molecular flexibility index (Phi) is 5.62. The van der Waals surface area contributed by atoms with Gasteiger partial charge in [-0.15, -0.1) is 0 Å². The Bertz CT molecular complexity index is 1090. The molecule has 2 aromatic rings. The molecule has 30 heavy (non-hydrogen) atoms.